The number of halogens is 1. The SMILES string of the molecule is Cc1c(F)ccc2c(-c3cn(Cc4ccn(C(C)C)n4)nn3)nc(N)nc12. The summed E-state index contributed by atoms with van der Waals surface area (Å²) >= 11 is 0. The van der Waals surface area contributed by atoms with Gasteiger partial charge in [-0.3, -0.25) is 4.68 Å². The molecule has 0 unspecified atom stereocenters. The molecule has 138 valence electrons. The van der Waals surface area contributed by atoms with E-state index >= 15 is 0 Å². The van der Waals surface area contributed by atoms with Gasteiger partial charge in [0.25, 0.3) is 0 Å². The van der Waals surface area contributed by atoms with Gasteiger partial charge in [0, 0.05) is 23.2 Å². The molecular formula is C18H19FN8. The first-order valence-electron chi connectivity index (χ1n) is 8.59. The molecule has 3 aromatic heterocycles. The van der Waals surface area contributed by atoms with Gasteiger partial charge < -0.3 is 5.73 Å². The van der Waals surface area contributed by atoms with Crippen LogP contribution < -0.4 is 5.73 Å². The van der Waals surface area contributed by atoms with E-state index in [2.05, 4.69) is 39.2 Å². The number of nitrogen functional groups attached to an aromatic ring is 1. The molecule has 0 saturated heterocycles. The minimum atomic E-state index is -0.337. The summed E-state index contributed by atoms with van der Waals surface area (Å²) in [5.41, 5.74) is 8.68. The van der Waals surface area contributed by atoms with Crippen LogP contribution in [0.15, 0.2) is 30.6 Å². The van der Waals surface area contributed by atoms with E-state index in [1.165, 1.54) is 6.07 Å². The quantitative estimate of drug-likeness (QED) is 0.596. The Morgan fingerprint density at radius 2 is 2.00 bits per heavy atom. The summed E-state index contributed by atoms with van der Waals surface area (Å²) in [5.74, 6) is -0.271. The van der Waals surface area contributed by atoms with Crippen molar-refractivity contribution in [2.24, 2.45) is 0 Å². The van der Waals surface area contributed by atoms with Crippen LogP contribution in [0.25, 0.3) is 22.3 Å². The van der Waals surface area contributed by atoms with Crippen molar-refractivity contribution < 1.29 is 4.39 Å². The summed E-state index contributed by atoms with van der Waals surface area (Å²) < 4.78 is 17.5. The fourth-order valence-electron chi connectivity index (χ4n) is 2.92. The highest BCUT2D eigenvalue weighted by atomic mass is 19.1. The largest absolute Gasteiger partial charge is 0.368 e. The van der Waals surface area contributed by atoms with Crippen LogP contribution in [0.5, 0.6) is 0 Å². The zero-order valence-electron chi connectivity index (χ0n) is 15.3. The van der Waals surface area contributed by atoms with Gasteiger partial charge in [-0.25, -0.2) is 19.0 Å². The van der Waals surface area contributed by atoms with E-state index in [9.17, 15) is 4.39 Å². The first-order chi connectivity index (χ1) is 12.9. The third-order valence-electron chi connectivity index (χ3n) is 4.37. The molecule has 0 fully saturated rings. The van der Waals surface area contributed by atoms with Gasteiger partial charge in [0.05, 0.1) is 24.0 Å². The molecule has 0 amide bonds. The Kier molecular flexibility index (Phi) is 4.06. The summed E-state index contributed by atoms with van der Waals surface area (Å²) in [6.07, 6.45) is 3.71. The number of hydrogen-bond donors (Lipinski definition) is 1. The normalized spacial score (nSPS) is 11.6. The highest BCUT2D eigenvalue weighted by Crippen LogP contribution is 2.28. The average molecular weight is 366 g/mol. The van der Waals surface area contributed by atoms with Crippen LogP contribution >= 0.6 is 0 Å². The van der Waals surface area contributed by atoms with E-state index in [0.29, 0.717) is 40.4 Å². The van der Waals surface area contributed by atoms with Crippen molar-refractivity contribution in [1.29, 1.82) is 0 Å². The van der Waals surface area contributed by atoms with Crippen LogP contribution in [0, 0.1) is 12.7 Å². The van der Waals surface area contributed by atoms with E-state index < -0.39 is 0 Å². The van der Waals surface area contributed by atoms with Crippen LogP contribution in [0.3, 0.4) is 0 Å². The number of benzene rings is 1. The van der Waals surface area contributed by atoms with Gasteiger partial charge in [-0.15, -0.1) is 5.10 Å². The molecule has 1 aromatic carbocycles. The second-order valence-corrected chi connectivity index (χ2v) is 6.68. The summed E-state index contributed by atoms with van der Waals surface area (Å²) in [4.78, 5) is 8.47. The fraction of sp³-hybridized carbons (Fsp3) is 0.278. The molecule has 0 radical (unpaired) electrons. The molecule has 0 saturated carbocycles. The summed E-state index contributed by atoms with van der Waals surface area (Å²) in [6.45, 7) is 6.29. The summed E-state index contributed by atoms with van der Waals surface area (Å²) in [7, 11) is 0. The van der Waals surface area contributed by atoms with Crippen molar-refractivity contribution >= 4 is 16.9 Å². The lowest BCUT2D eigenvalue weighted by atomic mass is 10.1. The van der Waals surface area contributed by atoms with Gasteiger partial charge in [-0.05, 0) is 39.0 Å². The molecule has 9 heteroatoms. The first-order valence-corrected chi connectivity index (χ1v) is 8.59. The monoisotopic (exact) mass is 366 g/mol. The van der Waals surface area contributed by atoms with Crippen molar-refractivity contribution in [3.05, 3.63) is 47.7 Å². The van der Waals surface area contributed by atoms with E-state index in [0.717, 1.165) is 5.69 Å². The summed E-state index contributed by atoms with van der Waals surface area (Å²) in [6, 6.07) is 5.27. The zero-order valence-corrected chi connectivity index (χ0v) is 15.3. The zero-order chi connectivity index (χ0) is 19.1. The maximum atomic E-state index is 13.9. The maximum Gasteiger partial charge on any atom is 0.221 e. The van der Waals surface area contributed by atoms with E-state index in [1.54, 1.807) is 23.9 Å². The molecule has 0 aliphatic carbocycles. The minimum Gasteiger partial charge on any atom is -0.368 e. The van der Waals surface area contributed by atoms with Gasteiger partial charge in [0.1, 0.15) is 17.2 Å². The van der Waals surface area contributed by atoms with E-state index in [1.807, 2.05) is 16.9 Å². The van der Waals surface area contributed by atoms with Crippen LogP contribution in [-0.2, 0) is 6.54 Å². The highest BCUT2D eigenvalue weighted by molar-refractivity contribution is 5.93. The third kappa shape index (κ3) is 3.12. The molecular weight excluding hydrogens is 347 g/mol. The number of rotatable bonds is 4. The number of nitrogens with two attached hydrogens (primary N) is 1. The number of fused-ring (bicyclic) bond motifs is 1. The smallest absolute Gasteiger partial charge is 0.221 e. The van der Waals surface area contributed by atoms with Crippen molar-refractivity contribution in [2.45, 2.75) is 33.4 Å². The van der Waals surface area contributed by atoms with Gasteiger partial charge in [0.15, 0.2) is 0 Å². The summed E-state index contributed by atoms with van der Waals surface area (Å²) in [5, 5.41) is 13.6. The lowest BCUT2D eigenvalue weighted by Gasteiger charge is -2.07. The number of aryl methyl sites for hydroxylation is 1. The molecule has 27 heavy (non-hydrogen) atoms. The Bertz CT molecular complexity index is 1130. The van der Waals surface area contributed by atoms with E-state index in [4.69, 9.17) is 5.73 Å². The number of hydrogen-bond acceptors (Lipinski definition) is 6. The minimum absolute atomic E-state index is 0.0661. The van der Waals surface area contributed by atoms with Crippen LogP contribution in [-0.4, -0.2) is 34.7 Å². The van der Waals surface area contributed by atoms with Crippen molar-refractivity contribution in [1.82, 2.24) is 34.7 Å². The predicted molar refractivity (Wildman–Crippen MR) is 99.4 cm³/mol. The molecule has 0 atom stereocenters. The molecule has 0 aliphatic rings. The average Bonchev–Trinajstić information content (AvgIpc) is 3.28. The Morgan fingerprint density at radius 3 is 2.74 bits per heavy atom. The van der Waals surface area contributed by atoms with Crippen molar-refractivity contribution in [2.75, 3.05) is 5.73 Å². The van der Waals surface area contributed by atoms with Gasteiger partial charge in [-0.1, -0.05) is 5.21 Å². The number of anilines is 1. The van der Waals surface area contributed by atoms with Crippen molar-refractivity contribution in [3.63, 3.8) is 0 Å². The maximum absolute atomic E-state index is 13.9. The standard InChI is InChI=1S/C18H19FN8/c1-10(2)27-7-6-12(24-27)8-26-9-15(23-25-26)17-13-4-5-14(19)11(3)16(13)21-18(20)22-17/h4-7,9-10H,8H2,1-3H3,(H2,20,21,22). The predicted octanol–water partition coefficient (Wildman–Crippen LogP) is 2.74. The van der Waals surface area contributed by atoms with Gasteiger partial charge in [0.2, 0.25) is 5.95 Å². The third-order valence-corrected chi connectivity index (χ3v) is 4.37. The van der Waals surface area contributed by atoms with E-state index in [-0.39, 0.29) is 11.8 Å². The Hall–Kier alpha value is -3.36. The molecule has 8 nitrogen and oxygen atoms in total. The second-order valence-electron chi connectivity index (χ2n) is 6.68. The number of aromatic nitrogens is 7. The lowest BCUT2D eigenvalue weighted by molar-refractivity contribution is 0.519. The molecule has 0 aliphatic heterocycles. The van der Waals surface area contributed by atoms with Gasteiger partial charge >= 0.3 is 0 Å². The molecule has 4 aromatic rings. The molecule has 0 bridgehead atoms. The number of nitrogens with zero attached hydrogens (tertiary/aromatic N) is 7. The highest BCUT2D eigenvalue weighted by Gasteiger charge is 2.15. The van der Waals surface area contributed by atoms with Gasteiger partial charge in [-0.2, -0.15) is 5.10 Å². The Labute approximate surface area is 154 Å². The fourth-order valence-corrected chi connectivity index (χ4v) is 2.92. The van der Waals surface area contributed by atoms with Crippen LogP contribution in [0.1, 0.15) is 31.1 Å². The topological polar surface area (TPSA) is 100 Å². The first kappa shape index (κ1) is 17.1. The molecule has 0 spiro atoms. The lowest BCUT2D eigenvalue weighted by Crippen LogP contribution is -2.05. The molecule has 3 heterocycles. The molecule has 4 rings (SSSR count). The Morgan fingerprint density at radius 1 is 1.19 bits per heavy atom. The van der Waals surface area contributed by atoms with Crippen LogP contribution in [0.2, 0.25) is 0 Å². The van der Waals surface area contributed by atoms with Crippen molar-refractivity contribution in [3.8, 4) is 11.4 Å². The second kappa shape index (κ2) is 6.42. The van der Waals surface area contributed by atoms with Crippen LogP contribution in [0.4, 0.5) is 10.3 Å². The Balaban J connectivity index is 1.71. The molecule has 2 N–H and O–H groups in total.